The third-order valence-electron chi connectivity index (χ3n) is 4.07. The van der Waals surface area contributed by atoms with Crippen LogP contribution in [0.1, 0.15) is 52.7 Å². The monoisotopic (exact) mass is 389 g/mol. The van der Waals surface area contributed by atoms with Crippen LogP contribution in [-0.4, -0.2) is 32.3 Å². The zero-order valence-electron chi connectivity index (χ0n) is 14.3. The molecule has 1 aliphatic heterocycles. The molecule has 7 nitrogen and oxygen atoms in total. The van der Waals surface area contributed by atoms with Crippen LogP contribution in [0.5, 0.6) is 0 Å². The maximum Gasteiger partial charge on any atom is 0.269 e. The highest BCUT2D eigenvalue weighted by atomic mass is 32.1. The Labute approximate surface area is 159 Å². The van der Waals surface area contributed by atoms with E-state index < -0.39 is 0 Å². The molecule has 136 valence electrons. The Hall–Kier alpha value is -2.10. The Kier molecular flexibility index (Phi) is 5.09. The molecule has 0 spiro atoms. The molecule has 1 aliphatic rings. The minimum absolute atomic E-state index is 0.0116. The molecule has 1 amide bonds. The molecule has 0 saturated carbocycles. The van der Waals surface area contributed by atoms with Crippen molar-refractivity contribution in [1.82, 2.24) is 19.7 Å². The molecule has 0 aromatic carbocycles. The fraction of sp³-hybridized carbons (Fsp3) is 0.412. The Morgan fingerprint density at radius 3 is 2.92 bits per heavy atom. The number of nitrogens with zero attached hydrogens (tertiary/aromatic N) is 4. The fourth-order valence-electron chi connectivity index (χ4n) is 2.84. The van der Waals surface area contributed by atoms with Gasteiger partial charge in [0, 0.05) is 19.0 Å². The van der Waals surface area contributed by atoms with E-state index in [-0.39, 0.29) is 12.0 Å². The summed E-state index contributed by atoms with van der Waals surface area (Å²) in [6.45, 7) is 2.84. The van der Waals surface area contributed by atoms with Crippen LogP contribution in [0, 0.1) is 0 Å². The predicted octanol–water partition coefficient (Wildman–Crippen LogP) is 3.84. The SMILES string of the molecule is CCCc1nc(-n2cccc2)sc1C(=O)Nc1nnc([C@H]2CCCO2)s1. The number of aryl methyl sites for hydroxylation is 1. The zero-order chi connectivity index (χ0) is 17.9. The van der Waals surface area contributed by atoms with E-state index in [0.717, 1.165) is 48.1 Å². The Bertz CT molecular complexity index is 881. The van der Waals surface area contributed by atoms with Gasteiger partial charge in [-0.2, -0.15) is 0 Å². The molecule has 0 radical (unpaired) electrons. The first-order valence-corrected chi connectivity index (χ1v) is 10.3. The number of rotatable bonds is 6. The normalized spacial score (nSPS) is 16.9. The third-order valence-corrected chi connectivity index (χ3v) is 6.11. The van der Waals surface area contributed by atoms with Crippen LogP contribution in [0.4, 0.5) is 5.13 Å². The lowest BCUT2D eigenvalue weighted by Crippen LogP contribution is -2.12. The largest absolute Gasteiger partial charge is 0.371 e. The molecular weight excluding hydrogens is 370 g/mol. The van der Waals surface area contributed by atoms with Crippen molar-refractivity contribution >= 4 is 33.7 Å². The standard InChI is InChI=1S/C17H19N5O2S2/c1-2-6-11-13(25-17(18-11)22-8-3-4-9-22)14(23)19-16-21-20-15(26-16)12-7-5-10-24-12/h3-4,8-9,12H,2,5-7,10H2,1H3,(H,19,21,23)/t12-/m1/s1. The van der Waals surface area contributed by atoms with Crippen LogP contribution in [0.3, 0.4) is 0 Å². The lowest BCUT2D eigenvalue weighted by molar-refractivity contribution is 0.102. The predicted molar refractivity (Wildman–Crippen MR) is 101 cm³/mol. The molecule has 1 saturated heterocycles. The van der Waals surface area contributed by atoms with Gasteiger partial charge in [-0.05, 0) is 31.4 Å². The van der Waals surface area contributed by atoms with Crippen molar-refractivity contribution in [1.29, 1.82) is 0 Å². The number of hydrogen-bond donors (Lipinski definition) is 1. The van der Waals surface area contributed by atoms with Crippen molar-refractivity contribution in [3.63, 3.8) is 0 Å². The summed E-state index contributed by atoms with van der Waals surface area (Å²) in [5, 5.41) is 13.2. The summed E-state index contributed by atoms with van der Waals surface area (Å²) < 4.78 is 7.54. The summed E-state index contributed by atoms with van der Waals surface area (Å²) in [6.07, 6.45) is 7.55. The Morgan fingerprint density at radius 1 is 1.35 bits per heavy atom. The van der Waals surface area contributed by atoms with Crippen molar-refractivity contribution in [2.75, 3.05) is 11.9 Å². The minimum atomic E-state index is -0.181. The van der Waals surface area contributed by atoms with E-state index in [4.69, 9.17) is 4.74 Å². The van der Waals surface area contributed by atoms with E-state index in [1.165, 1.54) is 22.7 Å². The van der Waals surface area contributed by atoms with Gasteiger partial charge in [0.2, 0.25) is 5.13 Å². The topological polar surface area (TPSA) is 81.9 Å². The maximum absolute atomic E-state index is 12.8. The first-order valence-electron chi connectivity index (χ1n) is 8.64. The van der Waals surface area contributed by atoms with E-state index in [1.54, 1.807) is 0 Å². The van der Waals surface area contributed by atoms with Gasteiger partial charge in [-0.1, -0.05) is 36.0 Å². The summed E-state index contributed by atoms with van der Waals surface area (Å²) in [4.78, 5) is 18.1. The molecule has 1 atom stereocenters. The van der Waals surface area contributed by atoms with Crippen LogP contribution in [0.25, 0.3) is 5.13 Å². The first-order chi connectivity index (χ1) is 12.7. The van der Waals surface area contributed by atoms with E-state index in [9.17, 15) is 4.79 Å². The molecule has 1 N–H and O–H groups in total. The first kappa shape index (κ1) is 17.3. The van der Waals surface area contributed by atoms with Gasteiger partial charge in [0.15, 0.2) is 5.13 Å². The van der Waals surface area contributed by atoms with Gasteiger partial charge in [-0.3, -0.25) is 10.1 Å². The minimum Gasteiger partial charge on any atom is -0.371 e. The van der Waals surface area contributed by atoms with Crippen molar-refractivity contribution in [2.24, 2.45) is 0 Å². The van der Waals surface area contributed by atoms with E-state index in [1.807, 2.05) is 29.1 Å². The number of hydrogen-bond acceptors (Lipinski definition) is 7. The van der Waals surface area contributed by atoms with Crippen molar-refractivity contribution < 1.29 is 9.53 Å². The van der Waals surface area contributed by atoms with Gasteiger partial charge < -0.3 is 9.30 Å². The van der Waals surface area contributed by atoms with Gasteiger partial charge in [-0.15, -0.1) is 10.2 Å². The molecule has 0 bridgehead atoms. The van der Waals surface area contributed by atoms with Gasteiger partial charge in [0.1, 0.15) is 16.0 Å². The van der Waals surface area contributed by atoms with Crippen LogP contribution < -0.4 is 5.32 Å². The fourth-order valence-corrected chi connectivity index (χ4v) is 4.63. The van der Waals surface area contributed by atoms with Crippen molar-refractivity contribution in [3.05, 3.63) is 40.1 Å². The van der Waals surface area contributed by atoms with Gasteiger partial charge >= 0.3 is 0 Å². The number of nitrogens with one attached hydrogen (secondary N) is 1. The average Bonchev–Trinajstić information content (AvgIpc) is 3.40. The number of carbonyl (C=O) groups excluding carboxylic acids is 1. The molecular formula is C17H19N5O2S2. The lowest BCUT2D eigenvalue weighted by Gasteiger charge is -2.02. The highest BCUT2D eigenvalue weighted by Crippen LogP contribution is 2.32. The smallest absolute Gasteiger partial charge is 0.269 e. The molecule has 0 aliphatic carbocycles. The number of aromatic nitrogens is 4. The second kappa shape index (κ2) is 7.65. The molecule has 4 heterocycles. The van der Waals surface area contributed by atoms with Crippen LogP contribution in [0.15, 0.2) is 24.5 Å². The van der Waals surface area contributed by atoms with Gasteiger partial charge in [0.05, 0.1) is 5.69 Å². The lowest BCUT2D eigenvalue weighted by atomic mass is 10.2. The maximum atomic E-state index is 12.8. The second-order valence-corrected chi connectivity index (χ2v) is 8.00. The number of carbonyl (C=O) groups is 1. The van der Waals surface area contributed by atoms with Crippen LogP contribution >= 0.6 is 22.7 Å². The number of amides is 1. The van der Waals surface area contributed by atoms with Crippen molar-refractivity contribution in [2.45, 2.75) is 38.7 Å². The van der Waals surface area contributed by atoms with Crippen LogP contribution in [0.2, 0.25) is 0 Å². The third kappa shape index (κ3) is 3.55. The average molecular weight is 390 g/mol. The number of anilines is 1. The quantitative estimate of drug-likeness (QED) is 0.693. The number of ether oxygens (including phenoxy) is 1. The summed E-state index contributed by atoms with van der Waals surface area (Å²) in [5.74, 6) is -0.181. The summed E-state index contributed by atoms with van der Waals surface area (Å²) in [5.41, 5.74) is 0.822. The summed E-state index contributed by atoms with van der Waals surface area (Å²) in [7, 11) is 0. The molecule has 9 heteroatoms. The molecule has 3 aromatic heterocycles. The second-order valence-electron chi connectivity index (χ2n) is 6.01. The van der Waals surface area contributed by atoms with Gasteiger partial charge in [0.25, 0.3) is 5.91 Å². The molecule has 3 aromatic rings. The number of thiazole rings is 1. The summed E-state index contributed by atoms with van der Waals surface area (Å²) >= 11 is 2.76. The van der Waals surface area contributed by atoms with Crippen molar-refractivity contribution in [3.8, 4) is 5.13 Å². The molecule has 26 heavy (non-hydrogen) atoms. The highest BCUT2D eigenvalue weighted by Gasteiger charge is 2.24. The Morgan fingerprint density at radius 2 is 2.19 bits per heavy atom. The molecule has 1 fully saturated rings. The van der Waals surface area contributed by atoms with Gasteiger partial charge in [-0.25, -0.2) is 4.98 Å². The Balaban J connectivity index is 1.53. The zero-order valence-corrected chi connectivity index (χ0v) is 16.0. The molecule has 0 unspecified atom stereocenters. The molecule has 4 rings (SSSR count). The van der Waals surface area contributed by atoms with Crippen LogP contribution in [-0.2, 0) is 11.2 Å². The van der Waals surface area contributed by atoms with E-state index >= 15 is 0 Å². The van der Waals surface area contributed by atoms with E-state index in [2.05, 4.69) is 27.4 Å². The highest BCUT2D eigenvalue weighted by molar-refractivity contribution is 7.17. The summed E-state index contributed by atoms with van der Waals surface area (Å²) in [6, 6.07) is 3.88. The van der Waals surface area contributed by atoms with E-state index in [0.29, 0.717) is 10.0 Å².